The number of hydrogen-bond donors (Lipinski definition) is 0. The van der Waals surface area contributed by atoms with Gasteiger partial charge < -0.3 is 9.57 Å². The van der Waals surface area contributed by atoms with E-state index in [1.165, 1.54) is 12.1 Å². The van der Waals surface area contributed by atoms with E-state index >= 15 is 0 Å². The molecule has 0 aromatic heterocycles. The number of carbonyl (C=O) groups excluding carboxylic acids is 3. The average Bonchev–Trinajstić information content (AvgIpc) is 2.73. The Kier molecular flexibility index (Phi) is 3.47. The van der Waals surface area contributed by atoms with Gasteiger partial charge in [0.05, 0.1) is 23.1 Å². The quantitative estimate of drug-likeness (QED) is 0.772. The molecule has 6 nitrogen and oxygen atoms in total. The Balaban J connectivity index is 1.76. The summed E-state index contributed by atoms with van der Waals surface area (Å²) < 4.78 is 5.40. The molecule has 110 valence electrons. The van der Waals surface area contributed by atoms with Gasteiger partial charge in [-0.25, -0.2) is 4.79 Å². The maximum atomic E-state index is 12.2. The number of ether oxygens (including phenoxy) is 1. The standard InChI is InChI=1S/C15H15NO5/c1-9-10(7-4-8-20-9)15(19)21-16-13(17)11-5-2-3-6-12(11)14(16)18/h2-3,5-6,9-10H,4,7-8H2,1H3. The molecule has 1 aromatic rings. The highest BCUT2D eigenvalue weighted by molar-refractivity contribution is 6.20. The summed E-state index contributed by atoms with van der Waals surface area (Å²) in [6.45, 7) is 2.39. The lowest BCUT2D eigenvalue weighted by Crippen LogP contribution is -2.40. The van der Waals surface area contributed by atoms with Gasteiger partial charge in [-0.15, -0.1) is 0 Å². The normalized spacial score (nSPS) is 24.9. The topological polar surface area (TPSA) is 72.9 Å². The molecule has 0 N–H and O–H groups in total. The van der Waals surface area contributed by atoms with Gasteiger partial charge in [0, 0.05) is 6.61 Å². The monoisotopic (exact) mass is 289 g/mol. The molecule has 6 heteroatoms. The van der Waals surface area contributed by atoms with Crippen LogP contribution in [0.25, 0.3) is 0 Å². The molecule has 1 fully saturated rings. The number of nitrogens with zero attached hydrogens (tertiary/aromatic N) is 1. The van der Waals surface area contributed by atoms with Crippen molar-refractivity contribution in [2.24, 2.45) is 5.92 Å². The summed E-state index contributed by atoms with van der Waals surface area (Å²) in [6.07, 6.45) is 1.11. The van der Waals surface area contributed by atoms with Crippen LogP contribution in [-0.4, -0.2) is 35.6 Å². The van der Waals surface area contributed by atoms with E-state index in [-0.39, 0.29) is 17.2 Å². The Bertz CT molecular complexity index is 577. The molecule has 2 heterocycles. The third-order valence-electron chi connectivity index (χ3n) is 3.85. The lowest BCUT2D eigenvalue weighted by molar-refractivity contribution is -0.181. The maximum Gasteiger partial charge on any atom is 0.338 e. The number of amides is 2. The van der Waals surface area contributed by atoms with E-state index in [2.05, 4.69) is 0 Å². The summed E-state index contributed by atoms with van der Waals surface area (Å²) >= 11 is 0. The molecule has 2 aliphatic rings. The number of rotatable bonds is 2. The van der Waals surface area contributed by atoms with Gasteiger partial charge in [-0.1, -0.05) is 17.2 Å². The maximum absolute atomic E-state index is 12.2. The van der Waals surface area contributed by atoms with Gasteiger partial charge in [0.1, 0.15) is 0 Å². The molecule has 0 saturated carbocycles. The first-order valence-corrected chi connectivity index (χ1v) is 6.91. The van der Waals surface area contributed by atoms with Crippen molar-refractivity contribution >= 4 is 17.8 Å². The molecule has 21 heavy (non-hydrogen) atoms. The van der Waals surface area contributed by atoms with Crippen molar-refractivity contribution in [2.45, 2.75) is 25.9 Å². The second-order valence-electron chi connectivity index (χ2n) is 5.19. The highest BCUT2D eigenvalue weighted by Gasteiger charge is 2.41. The Morgan fingerprint density at radius 3 is 2.43 bits per heavy atom. The second kappa shape index (κ2) is 5.29. The minimum absolute atomic E-state index is 0.253. The van der Waals surface area contributed by atoms with Crippen LogP contribution in [0, 0.1) is 5.92 Å². The summed E-state index contributed by atoms with van der Waals surface area (Å²) in [7, 11) is 0. The summed E-state index contributed by atoms with van der Waals surface area (Å²) in [5.41, 5.74) is 0.506. The Morgan fingerprint density at radius 2 is 1.86 bits per heavy atom. The summed E-state index contributed by atoms with van der Waals surface area (Å²) in [6, 6.07) is 6.39. The number of fused-ring (bicyclic) bond motifs is 1. The first-order valence-electron chi connectivity index (χ1n) is 6.91. The van der Waals surface area contributed by atoms with Crippen LogP contribution in [0.3, 0.4) is 0 Å². The van der Waals surface area contributed by atoms with Crippen LogP contribution in [0.15, 0.2) is 24.3 Å². The molecule has 0 aliphatic carbocycles. The highest BCUT2D eigenvalue weighted by Crippen LogP contribution is 2.26. The fraction of sp³-hybridized carbons (Fsp3) is 0.400. The zero-order valence-electron chi connectivity index (χ0n) is 11.6. The van der Waals surface area contributed by atoms with E-state index in [9.17, 15) is 14.4 Å². The number of hydroxylamine groups is 2. The highest BCUT2D eigenvalue weighted by atomic mass is 16.7. The first-order chi connectivity index (χ1) is 10.1. The van der Waals surface area contributed by atoms with E-state index in [4.69, 9.17) is 9.57 Å². The fourth-order valence-corrected chi connectivity index (χ4v) is 2.64. The van der Waals surface area contributed by atoms with Crippen molar-refractivity contribution in [1.29, 1.82) is 0 Å². The SMILES string of the molecule is CC1OCCCC1C(=O)ON1C(=O)c2ccccc2C1=O. The van der Waals surface area contributed by atoms with Crippen LogP contribution in [0.1, 0.15) is 40.5 Å². The van der Waals surface area contributed by atoms with Crippen molar-refractivity contribution in [3.8, 4) is 0 Å². The molecular weight excluding hydrogens is 274 g/mol. The Morgan fingerprint density at radius 1 is 1.24 bits per heavy atom. The third kappa shape index (κ3) is 2.31. The van der Waals surface area contributed by atoms with Crippen LogP contribution < -0.4 is 0 Å². The largest absolute Gasteiger partial charge is 0.378 e. The summed E-state index contributed by atoms with van der Waals surface area (Å²) in [4.78, 5) is 41.4. The smallest absolute Gasteiger partial charge is 0.338 e. The van der Waals surface area contributed by atoms with Crippen molar-refractivity contribution in [2.75, 3.05) is 6.61 Å². The van der Waals surface area contributed by atoms with Gasteiger partial charge in [-0.3, -0.25) is 9.59 Å². The minimum Gasteiger partial charge on any atom is -0.378 e. The summed E-state index contributed by atoms with van der Waals surface area (Å²) in [5.74, 6) is -2.26. The molecule has 2 aliphatic heterocycles. The van der Waals surface area contributed by atoms with E-state index in [1.54, 1.807) is 19.1 Å². The molecule has 1 aromatic carbocycles. The third-order valence-corrected chi connectivity index (χ3v) is 3.85. The molecule has 0 bridgehead atoms. The van der Waals surface area contributed by atoms with E-state index < -0.39 is 23.7 Å². The van der Waals surface area contributed by atoms with Crippen LogP contribution in [0.4, 0.5) is 0 Å². The van der Waals surface area contributed by atoms with Crippen molar-refractivity contribution in [1.82, 2.24) is 5.06 Å². The van der Waals surface area contributed by atoms with Crippen molar-refractivity contribution in [3.05, 3.63) is 35.4 Å². The zero-order valence-corrected chi connectivity index (χ0v) is 11.6. The minimum atomic E-state index is -0.603. The van der Waals surface area contributed by atoms with E-state index in [0.717, 1.165) is 6.42 Å². The number of hydrogen-bond acceptors (Lipinski definition) is 5. The Hall–Kier alpha value is -2.21. The molecule has 2 amide bonds. The average molecular weight is 289 g/mol. The Labute approximate surface area is 121 Å². The predicted octanol–water partition coefficient (Wildman–Crippen LogP) is 1.56. The van der Waals surface area contributed by atoms with Gasteiger partial charge in [-0.05, 0) is 31.9 Å². The van der Waals surface area contributed by atoms with Gasteiger partial charge in [0.15, 0.2) is 0 Å². The molecule has 3 rings (SSSR count). The summed E-state index contributed by atoms with van der Waals surface area (Å²) in [5, 5.41) is 0.550. The van der Waals surface area contributed by atoms with E-state index in [0.29, 0.717) is 18.1 Å². The van der Waals surface area contributed by atoms with Gasteiger partial charge in [-0.2, -0.15) is 0 Å². The van der Waals surface area contributed by atoms with Crippen molar-refractivity contribution < 1.29 is 24.0 Å². The van der Waals surface area contributed by atoms with Gasteiger partial charge >= 0.3 is 5.97 Å². The molecule has 2 unspecified atom stereocenters. The number of benzene rings is 1. The van der Waals surface area contributed by atoms with E-state index in [1.807, 2.05) is 0 Å². The molecule has 1 saturated heterocycles. The lowest BCUT2D eigenvalue weighted by Gasteiger charge is -2.27. The predicted molar refractivity (Wildman–Crippen MR) is 71.2 cm³/mol. The molecule has 0 spiro atoms. The molecule has 0 radical (unpaired) electrons. The van der Waals surface area contributed by atoms with Gasteiger partial charge in [0.25, 0.3) is 11.8 Å². The number of carbonyl (C=O) groups is 3. The van der Waals surface area contributed by atoms with Crippen LogP contribution in [0.2, 0.25) is 0 Å². The lowest BCUT2D eigenvalue weighted by atomic mass is 9.96. The molecular formula is C15H15NO5. The van der Waals surface area contributed by atoms with Crippen LogP contribution >= 0.6 is 0 Å². The van der Waals surface area contributed by atoms with Crippen LogP contribution in [-0.2, 0) is 14.4 Å². The van der Waals surface area contributed by atoms with Crippen LogP contribution in [0.5, 0.6) is 0 Å². The first kappa shape index (κ1) is 13.8. The van der Waals surface area contributed by atoms with Crippen molar-refractivity contribution in [3.63, 3.8) is 0 Å². The second-order valence-corrected chi connectivity index (χ2v) is 5.19. The molecule has 2 atom stereocenters. The zero-order chi connectivity index (χ0) is 15.0. The van der Waals surface area contributed by atoms with Gasteiger partial charge in [0.2, 0.25) is 0 Å². The fourth-order valence-electron chi connectivity index (χ4n) is 2.64. The number of imide groups is 1.